The quantitative estimate of drug-likeness (QED) is 0.435. The molecule has 0 amide bonds. The van der Waals surface area contributed by atoms with E-state index in [9.17, 15) is 4.79 Å². The van der Waals surface area contributed by atoms with E-state index in [0.717, 1.165) is 28.6 Å². The second kappa shape index (κ2) is 6.43. The number of para-hydroxylation sites is 1. The summed E-state index contributed by atoms with van der Waals surface area (Å²) in [6.07, 6.45) is 1.73. The summed E-state index contributed by atoms with van der Waals surface area (Å²) in [5, 5.41) is 12.2. The van der Waals surface area contributed by atoms with E-state index >= 15 is 0 Å². The molecular formula is C18H14N6OS2. The highest BCUT2D eigenvalue weighted by molar-refractivity contribution is 7.98. The molecule has 0 aliphatic carbocycles. The van der Waals surface area contributed by atoms with Crippen LogP contribution >= 0.6 is 23.1 Å². The van der Waals surface area contributed by atoms with Gasteiger partial charge < -0.3 is 4.57 Å². The van der Waals surface area contributed by atoms with E-state index < -0.39 is 0 Å². The Labute approximate surface area is 161 Å². The van der Waals surface area contributed by atoms with Gasteiger partial charge in [-0.1, -0.05) is 30.0 Å². The van der Waals surface area contributed by atoms with E-state index in [4.69, 9.17) is 4.98 Å². The number of rotatable bonds is 4. The van der Waals surface area contributed by atoms with E-state index in [0.29, 0.717) is 21.6 Å². The zero-order chi connectivity index (χ0) is 18.4. The minimum atomic E-state index is -0.0718. The van der Waals surface area contributed by atoms with Gasteiger partial charge >= 0.3 is 0 Å². The molecule has 0 spiro atoms. The van der Waals surface area contributed by atoms with Gasteiger partial charge in [-0.25, -0.2) is 9.97 Å². The number of aryl methyl sites for hydroxylation is 1. The fourth-order valence-electron chi connectivity index (χ4n) is 3.17. The fraction of sp³-hybridized carbons (Fsp3) is 0.167. The van der Waals surface area contributed by atoms with Gasteiger partial charge in [0.2, 0.25) is 5.16 Å². The van der Waals surface area contributed by atoms with Crippen molar-refractivity contribution in [3.05, 3.63) is 58.0 Å². The van der Waals surface area contributed by atoms with Crippen LogP contribution in [-0.4, -0.2) is 29.1 Å². The van der Waals surface area contributed by atoms with E-state index in [-0.39, 0.29) is 5.56 Å². The minimum absolute atomic E-state index is 0.0718. The zero-order valence-electron chi connectivity index (χ0n) is 14.4. The third-order valence-electron chi connectivity index (χ3n) is 4.38. The lowest BCUT2D eigenvalue weighted by molar-refractivity contribution is 0.789. The van der Waals surface area contributed by atoms with Gasteiger partial charge in [0.15, 0.2) is 10.6 Å². The van der Waals surface area contributed by atoms with E-state index in [1.807, 2.05) is 23.6 Å². The van der Waals surface area contributed by atoms with Gasteiger partial charge in [0.05, 0.1) is 11.2 Å². The van der Waals surface area contributed by atoms with Crippen molar-refractivity contribution in [3.8, 4) is 0 Å². The summed E-state index contributed by atoms with van der Waals surface area (Å²) in [5.41, 5.74) is 3.40. The Morgan fingerprint density at radius 3 is 2.96 bits per heavy atom. The number of hydrogen-bond acceptors (Lipinski definition) is 7. The smallest absolute Gasteiger partial charge is 0.258 e. The van der Waals surface area contributed by atoms with Crippen LogP contribution in [0.5, 0.6) is 0 Å². The van der Waals surface area contributed by atoms with Crippen molar-refractivity contribution in [2.45, 2.75) is 24.4 Å². The molecule has 4 heterocycles. The molecule has 5 aromatic rings. The predicted octanol–water partition coefficient (Wildman–Crippen LogP) is 3.36. The van der Waals surface area contributed by atoms with Crippen molar-refractivity contribution in [1.29, 1.82) is 0 Å². The fourth-order valence-corrected chi connectivity index (χ4v) is 4.58. The number of nitrogens with zero attached hydrogens (tertiary/aromatic N) is 6. The third-order valence-corrected chi connectivity index (χ3v) is 6.00. The largest absolute Gasteiger partial charge is 0.324 e. The van der Waals surface area contributed by atoms with E-state index in [1.165, 1.54) is 23.1 Å². The molecule has 0 bridgehead atoms. The van der Waals surface area contributed by atoms with Crippen molar-refractivity contribution in [1.82, 2.24) is 29.1 Å². The second-order valence-corrected chi connectivity index (χ2v) is 7.77. The van der Waals surface area contributed by atoms with Crippen LogP contribution < -0.4 is 5.56 Å². The number of thiazole rings is 1. The van der Waals surface area contributed by atoms with Crippen molar-refractivity contribution in [3.63, 3.8) is 0 Å². The average molecular weight is 394 g/mol. The lowest BCUT2D eigenvalue weighted by Gasteiger charge is -2.03. The topological polar surface area (TPSA) is 78.0 Å². The molecule has 5 rings (SSSR count). The van der Waals surface area contributed by atoms with Crippen LogP contribution in [0.25, 0.3) is 27.0 Å². The molecule has 0 fully saturated rings. The maximum atomic E-state index is 12.1. The van der Waals surface area contributed by atoms with Crippen LogP contribution in [0.3, 0.4) is 0 Å². The maximum Gasteiger partial charge on any atom is 0.258 e. The highest BCUT2D eigenvalue weighted by atomic mass is 32.2. The number of fused-ring (bicyclic) bond motifs is 4. The number of thioether (sulfide) groups is 1. The minimum Gasteiger partial charge on any atom is -0.324 e. The molecule has 0 saturated carbocycles. The molecule has 9 heteroatoms. The first-order valence-corrected chi connectivity index (χ1v) is 10.3. The normalized spacial score (nSPS) is 11.7. The SMILES string of the molecule is CCn1c2ccccc2c2nnc(SCc3cc(=O)n4ccsc4n3)nc21. The van der Waals surface area contributed by atoms with Crippen LogP contribution in [0, 0.1) is 0 Å². The summed E-state index contributed by atoms with van der Waals surface area (Å²) in [5.74, 6) is 0.517. The molecule has 0 N–H and O–H groups in total. The van der Waals surface area contributed by atoms with Crippen LogP contribution in [-0.2, 0) is 12.3 Å². The van der Waals surface area contributed by atoms with Gasteiger partial charge in [-0.3, -0.25) is 9.20 Å². The van der Waals surface area contributed by atoms with Gasteiger partial charge in [0, 0.05) is 35.3 Å². The van der Waals surface area contributed by atoms with E-state index in [2.05, 4.69) is 32.7 Å². The Bertz CT molecular complexity index is 1350. The number of hydrogen-bond donors (Lipinski definition) is 0. The van der Waals surface area contributed by atoms with Gasteiger partial charge in [-0.2, -0.15) is 0 Å². The molecule has 4 aromatic heterocycles. The van der Waals surface area contributed by atoms with Crippen molar-refractivity contribution >= 4 is 50.1 Å². The summed E-state index contributed by atoms with van der Waals surface area (Å²) in [7, 11) is 0. The van der Waals surface area contributed by atoms with Gasteiger partial charge in [0.25, 0.3) is 5.56 Å². The number of benzene rings is 1. The summed E-state index contributed by atoms with van der Waals surface area (Å²) in [6.45, 7) is 2.90. The summed E-state index contributed by atoms with van der Waals surface area (Å²) >= 11 is 2.88. The first kappa shape index (κ1) is 16.4. The highest BCUT2D eigenvalue weighted by Crippen LogP contribution is 2.27. The van der Waals surface area contributed by atoms with Gasteiger partial charge in [0.1, 0.15) is 5.52 Å². The molecule has 1 aromatic carbocycles. The molecule has 134 valence electrons. The van der Waals surface area contributed by atoms with Crippen LogP contribution in [0.4, 0.5) is 0 Å². The zero-order valence-corrected chi connectivity index (χ0v) is 16.0. The molecule has 0 unspecified atom stereocenters. The van der Waals surface area contributed by atoms with Gasteiger partial charge in [-0.05, 0) is 13.0 Å². The average Bonchev–Trinajstić information content (AvgIpc) is 3.28. The highest BCUT2D eigenvalue weighted by Gasteiger charge is 2.14. The van der Waals surface area contributed by atoms with Crippen LogP contribution in [0.15, 0.2) is 51.9 Å². The Kier molecular flexibility index (Phi) is 3.91. The first-order chi connectivity index (χ1) is 13.2. The Morgan fingerprint density at radius 1 is 1.19 bits per heavy atom. The predicted molar refractivity (Wildman–Crippen MR) is 107 cm³/mol. The standard InChI is InChI=1S/C18H14N6OS2/c1-2-23-13-6-4-3-5-12(13)15-16(23)20-17(22-21-15)27-10-11-9-14(25)24-7-8-26-18(24)19-11/h3-9H,2,10H2,1H3. The summed E-state index contributed by atoms with van der Waals surface area (Å²) in [6, 6.07) is 9.68. The molecule has 0 aliphatic rings. The lowest BCUT2D eigenvalue weighted by atomic mass is 10.2. The van der Waals surface area contributed by atoms with Crippen molar-refractivity contribution in [2.24, 2.45) is 0 Å². The molecule has 0 saturated heterocycles. The third kappa shape index (κ3) is 2.70. The van der Waals surface area contributed by atoms with Crippen LogP contribution in [0.2, 0.25) is 0 Å². The van der Waals surface area contributed by atoms with E-state index in [1.54, 1.807) is 16.7 Å². The van der Waals surface area contributed by atoms with Crippen LogP contribution in [0.1, 0.15) is 12.6 Å². The second-order valence-electron chi connectivity index (χ2n) is 5.96. The molecular weight excluding hydrogens is 380 g/mol. The molecule has 7 nitrogen and oxygen atoms in total. The summed E-state index contributed by atoms with van der Waals surface area (Å²) < 4.78 is 3.69. The Hall–Kier alpha value is -2.78. The van der Waals surface area contributed by atoms with Crippen molar-refractivity contribution in [2.75, 3.05) is 0 Å². The summed E-state index contributed by atoms with van der Waals surface area (Å²) in [4.78, 5) is 22.0. The van der Waals surface area contributed by atoms with Gasteiger partial charge in [-0.15, -0.1) is 21.5 Å². The maximum absolute atomic E-state index is 12.1. The Balaban J connectivity index is 1.51. The monoisotopic (exact) mass is 394 g/mol. The molecule has 0 atom stereocenters. The molecule has 0 aliphatic heterocycles. The lowest BCUT2D eigenvalue weighted by Crippen LogP contribution is -2.12. The first-order valence-electron chi connectivity index (χ1n) is 8.45. The number of aromatic nitrogens is 6. The molecule has 27 heavy (non-hydrogen) atoms. The molecule has 0 radical (unpaired) electrons. The van der Waals surface area contributed by atoms with Crippen molar-refractivity contribution < 1.29 is 0 Å². The Morgan fingerprint density at radius 2 is 2.07 bits per heavy atom.